The van der Waals surface area contributed by atoms with Gasteiger partial charge >= 0.3 is 0 Å². The first-order valence-electron chi connectivity index (χ1n) is 6.74. The highest BCUT2D eigenvalue weighted by Crippen LogP contribution is 2.35. The van der Waals surface area contributed by atoms with Crippen LogP contribution in [0.15, 0.2) is 54.6 Å². The fourth-order valence-corrected chi connectivity index (χ4v) is 2.72. The monoisotopic (exact) mass is 234 g/mol. The van der Waals surface area contributed by atoms with Gasteiger partial charge in [-0.3, -0.25) is 0 Å². The van der Waals surface area contributed by atoms with Crippen molar-refractivity contribution in [3.05, 3.63) is 76.9 Å². The van der Waals surface area contributed by atoms with Crippen LogP contribution < -0.4 is 0 Å². The van der Waals surface area contributed by atoms with Crippen LogP contribution in [0.2, 0.25) is 0 Å². The van der Waals surface area contributed by atoms with Gasteiger partial charge in [-0.25, -0.2) is 0 Å². The van der Waals surface area contributed by atoms with Gasteiger partial charge in [-0.2, -0.15) is 0 Å². The zero-order chi connectivity index (χ0) is 12.4. The van der Waals surface area contributed by atoms with Crippen LogP contribution in [-0.2, 0) is 6.42 Å². The van der Waals surface area contributed by atoms with Gasteiger partial charge in [0.2, 0.25) is 0 Å². The van der Waals surface area contributed by atoms with E-state index in [1.165, 1.54) is 35.1 Å². The molecule has 3 rings (SSSR count). The van der Waals surface area contributed by atoms with Gasteiger partial charge < -0.3 is 0 Å². The first kappa shape index (κ1) is 11.3. The van der Waals surface area contributed by atoms with Crippen molar-refractivity contribution in [2.45, 2.75) is 25.7 Å². The van der Waals surface area contributed by atoms with E-state index in [0.29, 0.717) is 5.92 Å². The fraction of sp³-hybridized carbons (Fsp3) is 0.222. The highest BCUT2D eigenvalue weighted by atomic mass is 14.2. The summed E-state index contributed by atoms with van der Waals surface area (Å²) in [6, 6.07) is 17.8. The van der Waals surface area contributed by atoms with E-state index in [9.17, 15) is 0 Å². The summed E-state index contributed by atoms with van der Waals surface area (Å²) in [6.07, 6.45) is 6.93. The van der Waals surface area contributed by atoms with Crippen LogP contribution >= 0.6 is 0 Å². The van der Waals surface area contributed by atoms with E-state index in [1.54, 1.807) is 0 Å². The van der Waals surface area contributed by atoms with E-state index in [0.717, 1.165) is 0 Å². The molecular formula is C18H18. The number of hydrogen-bond acceptors (Lipinski definition) is 0. The summed E-state index contributed by atoms with van der Waals surface area (Å²) >= 11 is 0. The lowest BCUT2D eigenvalue weighted by atomic mass is 9.92. The Morgan fingerprint density at radius 3 is 2.50 bits per heavy atom. The molecule has 1 aliphatic carbocycles. The van der Waals surface area contributed by atoms with Crippen LogP contribution in [0, 0.1) is 0 Å². The predicted octanol–water partition coefficient (Wildman–Crippen LogP) is 4.80. The molecule has 0 nitrogen and oxygen atoms in total. The van der Waals surface area contributed by atoms with Crippen molar-refractivity contribution in [2.24, 2.45) is 0 Å². The van der Waals surface area contributed by atoms with Crippen molar-refractivity contribution in [1.29, 1.82) is 0 Å². The molecule has 0 N–H and O–H groups in total. The number of allylic oxidation sites excluding steroid dienone is 1. The molecule has 0 heteroatoms. The second-order valence-corrected chi connectivity index (χ2v) is 4.96. The molecule has 0 heterocycles. The molecule has 1 aliphatic rings. The van der Waals surface area contributed by atoms with E-state index in [4.69, 9.17) is 0 Å². The highest BCUT2D eigenvalue weighted by Gasteiger charge is 2.17. The molecule has 1 unspecified atom stereocenters. The average molecular weight is 234 g/mol. The lowest BCUT2D eigenvalue weighted by molar-refractivity contribution is 0.918. The molecule has 2 aromatic carbocycles. The van der Waals surface area contributed by atoms with Gasteiger partial charge in [-0.05, 0) is 28.7 Å². The van der Waals surface area contributed by atoms with Crippen molar-refractivity contribution in [3.63, 3.8) is 0 Å². The zero-order valence-electron chi connectivity index (χ0n) is 10.8. The number of benzene rings is 2. The Morgan fingerprint density at radius 1 is 0.944 bits per heavy atom. The smallest absolute Gasteiger partial charge is 0.0278 e. The van der Waals surface area contributed by atoms with Crippen LogP contribution in [0.1, 0.15) is 41.5 Å². The quantitative estimate of drug-likeness (QED) is 0.715. The van der Waals surface area contributed by atoms with Gasteiger partial charge in [-0.1, -0.05) is 74.0 Å². The lowest BCUT2D eigenvalue weighted by Crippen LogP contribution is -1.96. The Morgan fingerprint density at radius 2 is 1.72 bits per heavy atom. The third-order valence-electron chi connectivity index (χ3n) is 3.68. The van der Waals surface area contributed by atoms with E-state index < -0.39 is 0 Å². The minimum Gasteiger partial charge on any atom is -0.0720 e. The van der Waals surface area contributed by atoms with Crippen LogP contribution in [0.3, 0.4) is 0 Å². The van der Waals surface area contributed by atoms with E-state index in [1.807, 2.05) is 0 Å². The summed E-state index contributed by atoms with van der Waals surface area (Å²) in [5, 5.41) is 0. The van der Waals surface area contributed by atoms with Gasteiger partial charge in [0, 0.05) is 5.92 Å². The molecule has 90 valence electrons. The van der Waals surface area contributed by atoms with Crippen molar-refractivity contribution < 1.29 is 0 Å². The van der Waals surface area contributed by atoms with E-state index in [2.05, 4.69) is 67.6 Å². The van der Waals surface area contributed by atoms with Crippen LogP contribution in [0.4, 0.5) is 0 Å². The van der Waals surface area contributed by atoms with Gasteiger partial charge in [0.25, 0.3) is 0 Å². The summed E-state index contributed by atoms with van der Waals surface area (Å²) < 4.78 is 0. The number of rotatable bonds is 3. The minimum atomic E-state index is 0.442. The Bertz CT molecular complexity index is 561. The molecule has 0 saturated heterocycles. The third kappa shape index (κ3) is 1.99. The van der Waals surface area contributed by atoms with Crippen molar-refractivity contribution in [3.8, 4) is 0 Å². The second-order valence-electron chi connectivity index (χ2n) is 4.96. The molecule has 0 bridgehead atoms. The SMILES string of the molecule is CCCc1ccc(C2C=Cc3ccccc32)cc1. The second kappa shape index (κ2) is 4.81. The molecule has 0 fully saturated rings. The molecule has 1 atom stereocenters. The Kier molecular flexibility index (Phi) is 3.02. The minimum absolute atomic E-state index is 0.442. The average Bonchev–Trinajstić information content (AvgIpc) is 2.84. The highest BCUT2D eigenvalue weighted by molar-refractivity contribution is 5.65. The normalized spacial score (nSPS) is 16.8. The van der Waals surface area contributed by atoms with Crippen LogP contribution in [0.25, 0.3) is 6.08 Å². The van der Waals surface area contributed by atoms with Crippen molar-refractivity contribution in [2.75, 3.05) is 0 Å². The lowest BCUT2D eigenvalue weighted by Gasteiger charge is -2.12. The van der Waals surface area contributed by atoms with Gasteiger partial charge in [0.05, 0.1) is 0 Å². The van der Waals surface area contributed by atoms with Crippen molar-refractivity contribution >= 4 is 6.08 Å². The van der Waals surface area contributed by atoms with Gasteiger partial charge in [-0.15, -0.1) is 0 Å². The third-order valence-corrected chi connectivity index (χ3v) is 3.68. The fourth-order valence-electron chi connectivity index (χ4n) is 2.72. The predicted molar refractivity (Wildman–Crippen MR) is 77.8 cm³/mol. The summed E-state index contributed by atoms with van der Waals surface area (Å²) in [7, 11) is 0. The molecule has 0 aromatic heterocycles. The molecule has 2 aromatic rings. The maximum Gasteiger partial charge on any atom is 0.0278 e. The number of hydrogen-bond donors (Lipinski definition) is 0. The largest absolute Gasteiger partial charge is 0.0720 e. The molecule has 0 radical (unpaired) electrons. The number of fused-ring (bicyclic) bond motifs is 1. The van der Waals surface area contributed by atoms with E-state index >= 15 is 0 Å². The van der Waals surface area contributed by atoms with Crippen molar-refractivity contribution in [1.82, 2.24) is 0 Å². The maximum absolute atomic E-state index is 2.31. The van der Waals surface area contributed by atoms with E-state index in [-0.39, 0.29) is 0 Å². The molecule has 0 aliphatic heterocycles. The van der Waals surface area contributed by atoms with Gasteiger partial charge in [0.1, 0.15) is 0 Å². The summed E-state index contributed by atoms with van der Waals surface area (Å²) in [5.41, 5.74) is 5.63. The molecule has 0 saturated carbocycles. The summed E-state index contributed by atoms with van der Waals surface area (Å²) in [5.74, 6) is 0.442. The molecule has 18 heavy (non-hydrogen) atoms. The topological polar surface area (TPSA) is 0 Å². The van der Waals surface area contributed by atoms with Crippen LogP contribution in [-0.4, -0.2) is 0 Å². The Labute approximate surface area is 109 Å². The maximum atomic E-state index is 2.31. The molecule has 0 amide bonds. The van der Waals surface area contributed by atoms with Crippen LogP contribution in [0.5, 0.6) is 0 Å². The first-order chi connectivity index (χ1) is 8.88. The summed E-state index contributed by atoms with van der Waals surface area (Å²) in [6.45, 7) is 2.23. The first-order valence-corrected chi connectivity index (χ1v) is 6.74. The Hall–Kier alpha value is -1.82. The standard InChI is InChI=1S/C18H18/c1-2-5-14-8-10-16(11-9-14)18-13-12-15-6-3-4-7-17(15)18/h3-4,6-13,18H,2,5H2,1H3. The summed E-state index contributed by atoms with van der Waals surface area (Å²) in [4.78, 5) is 0. The zero-order valence-corrected chi connectivity index (χ0v) is 10.8. The Balaban J connectivity index is 1.91. The van der Waals surface area contributed by atoms with Gasteiger partial charge in [0.15, 0.2) is 0 Å². The molecular weight excluding hydrogens is 216 g/mol. The molecule has 0 spiro atoms. The number of aryl methyl sites for hydroxylation is 1.